The van der Waals surface area contributed by atoms with Gasteiger partial charge < -0.3 is 18.6 Å². The number of anilines is 2. The topological polar surface area (TPSA) is 61.1 Å². The highest BCUT2D eigenvalue weighted by Crippen LogP contribution is 2.61. The SMILES string of the molecule is CC1C(C)(C)Oc2cc3c(cc2C12C(=O)N(c1ccc(C(F)(F)F)o1)c1ccccc12)OCCO3. The van der Waals surface area contributed by atoms with Crippen molar-refractivity contribution in [2.45, 2.75) is 38.0 Å². The molecule has 0 aliphatic carbocycles. The number of carbonyl (C=O) groups excluding carboxylic acids is 1. The van der Waals surface area contributed by atoms with Gasteiger partial charge in [-0.15, -0.1) is 0 Å². The monoisotopic (exact) mass is 485 g/mol. The Bertz CT molecular complexity index is 1360. The van der Waals surface area contributed by atoms with E-state index in [1.807, 2.05) is 32.9 Å². The van der Waals surface area contributed by atoms with Crippen LogP contribution in [0.1, 0.15) is 37.7 Å². The van der Waals surface area contributed by atoms with Crippen LogP contribution in [-0.4, -0.2) is 24.7 Å². The second-order valence-corrected chi connectivity index (χ2v) is 9.52. The van der Waals surface area contributed by atoms with Crippen LogP contribution in [0.15, 0.2) is 52.9 Å². The summed E-state index contributed by atoms with van der Waals surface area (Å²) in [5.41, 5.74) is -0.344. The molecule has 3 aliphatic heterocycles. The van der Waals surface area contributed by atoms with Gasteiger partial charge in [-0.25, -0.2) is 4.90 Å². The van der Waals surface area contributed by atoms with Crippen molar-refractivity contribution in [3.63, 3.8) is 0 Å². The van der Waals surface area contributed by atoms with Crippen LogP contribution in [0, 0.1) is 5.92 Å². The highest BCUT2D eigenvalue weighted by atomic mass is 19.4. The Balaban J connectivity index is 1.62. The zero-order chi connectivity index (χ0) is 24.8. The molecule has 35 heavy (non-hydrogen) atoms. The third-order valence-corrected chi connectivity index (χ3v) is 7.34. The van der Waals surface area contributed by atoms with Crippen molar-refractivity contribution in [1.29, 1.82) is 0 Å². The highest BCUT2D eigenvalue weighted by molar-refractivity contribution is 6.15. The molecule has 2 atom stereocenters. The van der Waals surface area contributed by atoms with Crippen molar-refractivity contribution in [3.8, 4) is 17.2 Å². The van der Waals surface area contributed by atoms with Gasteiger partial charge in [-0.2, -0.15) is 13.2 Å². The predicted octanol–water partition coefficient (Wildman–Crippen LogP) is 5.84. The smallest absolute Gasteiger partial charge is 0.449 e. The van der Waals surface area contributed by atoms with E-state index in [9.17, 15) is 18.0 Å². The van der Waals surface area contributed by atoms with Gasteiger partial charge in [0, 0.05) is 23.6 Å². The number of para-hydroxylation sites is 1. The molecule has 3 aliphatic rings. The molecule has 0 bridgehead atoms. The molecule has 6 rings (SSSR count). The quantitative estimate of drug-likeness (QED) is 0.433. The van der Waals surface area contributed by atoms with Crippen LogP contribution in [0.3, 0.4) is 0 Å². The molecule has 1 aromatic heterocycles. The van der Waals surface area contributed by atoms with Crippen molar-refractivity contribution < 1.29 is 36.6 Å². The van der Waals surface area contributed by atoms with Crippen molar-refractivity contribution in [2.24, 2.45) is 5.92 Å². The number of furan rings is 1. The minimum absolute atomic E-state index is 0.192. The van der Waals surface area contributed by atoms with Crippen LogP contribution in [0.4, 0.5) is 24.7 Å². The standard InChI is InChI=1S/C26H22F3NO5/c1-14-24(2,3)35-18-13-20-19(32-10-11-33-20)12-16(18)25(14)15-6-4-5-7-17(15)30(23(25)31)22-9-8-21(34-22)26(27,28)29/h4-9,12-14H,10-11H2,1-3H3. The van der Waals surface area contributed by atoms with E-state index in [1.165, 1.54) is 11.0 Å². The summed E-state index contributed by atoms with van der Waals surface area (Å²) in [6.45, 7) is 6.47. The van der Waals surface area contributed by atoms with Crippen LogP contribution in [-0.2, 0) is 16.4 Å². The minimum Gasteiger partial charge on any atom is -0.487 e. The fourth-order valence-corrected chi connectivity index (χ4v) is 5.49. The van der Waals surface area contributed by atoms with Crippen molar-refractivity contribution in [1.82, 2.24) is 0 Å². The second kappa shape index (κ2) is 6.96. The Morgan fingerprint density at radius 3 is 2.31 bits per heavy atom. The average Bonchev–Trinajstić information content (AvgIpc) is 3.38. The third-order valence-electron chi connectivity index (χ3n) is 7.34. The van der Waals surface area contributed by atoms with E-state index in [-0.39, 0.29) is 5.88 Å². The van der Waals surface area contributed by atoms with Crippen LogP contribution in [0.5, 0.6) is 17.2 Å². The first-order chi connectivity index (χ1) is 16.5. The molecule has 0 N–H and O–H groups in total. The first-order valence-corrected chi connectivity index (χ1v) is 11.3. The lowest BCUT2D eigenvalue weighted by molar-refractivity contribution is -0.152. The molecule has 9 heteroatoms. The molecular formula is C26H22F3NO5. The lowest BCUT2D eigenvalue weighted by Gasteiger charge is -2.49. The maximum absolute atomic E-state index is 14.5. The Morgan fingerprint density at radius 2 is 1.63 bits per heavy atom. The number of halogens is 3. The fraction of sp³-hybridized carbons (Fsp3) is 0.346. The van der Waals surface area contributed by atoms with E-state index in [4.69, 9.17) is 18.6 Å². The molecule has 0 saturated carbocycles. The number of rotatable bonds is 1. The van der Waals surface area contributed by atoms with Gasteiger partial charge in [-0.1, -0.05) is 25.1 Å². The largest absolute Gasteiger partial charge is 0.487 e. The number of alkyl halides is 3. The molecule has 0 radical (unpaired) electrons. The number of benzene rings is 2. The van der Waals surface area contributed by atoms with Crippen LogP contribution in [0.2, 0.25) is 0 Å². The molecule has 2 unspecified atom stereocenters. The Kier molecular flexibility index (Phi) is 4.35. The first kappa shape index (κ1) is 21.9. The molecule has 0 saturated heterocycles. The number of ether oxygens (including phenoxy) is 3. The Hall–Kier alpha value is -3.62. The van der Waals surface area contributed by atoms with Crippen LogP contribution in [0.25, 0.3) is 0 Å². The van der Waals surface area contributed by atoms with E-state index < -0.39 is 34.8 Å². The van der Waals surface area contributed by atoms with E-state index in [1.54, 1.807) is 24.3 Å². The lowest BCUT2D eigenvalue weighted by Crippen LogP contribution is -2.57. The lowest BCUT2D eigenvalue weighted by atomic mass is 9.60. The predicted molar refractivity (Wildman–Crippen MR) is 119 cm³/mol. The van der Waals surface area contributed by atoms with Crippen LogP contribution >= 0.6 is 0 Å². The summed E-state index contributed by atoms with van der Waals surface area (Å²) in [6, 6.07) is 12.6. The molecule has 1 amide bonds. The Labute approximate surface area is 199 Å². The summed E-state index contributed by atoms with van der Waals surface area (Å²) >= 11 is 0. The average molecular weight is 485 g/mol. The van der Waals surface area contributed by atoms with Gasteiger partial charge in [0.25, 0.3) is 0 Å². The van der Waals surface area contributed by atoms with E-state index in [0.29, 0.717) is 47.3 Å². The molecule has 0 fully saturated rings. The summed E-state index contributed by atoms with van der Waals surface area (Å²) in [6.07, 6.45) is -4.67. The summed E-state index contributed by atoms with van der Waals surface area (Å²) in [4.78, 5) is 15.7. The fourth-order valence-electron chi connectivity index (χ4n) is 5.49. The maximum Gasteiger partial charge on any atom is 0.449 e. The molecule has 3 aromatic rings. The zero-order valence-electron chi connectivity index (χ0n) is 19.2. The van der Waals surface area contributed by atoms with Gasteiger partial charge in [0.15, 0.2) is 11.5 Å². The highest BCUT2D eigenvalue weighted by Gasteiger charge is 2.63. The first-order valence-electron chi connectivity index (χ1n) is 11.3. The van der Waals surface area contributed by atoms with E-state index in [0.717, 1.165) is 6.07 Å². The number of amides is 1. The summed E-state index contributed by atoms with van der Waals surface area (Å²) < 4.78 is 63.0. The number of hydrogen-bond acceptors (Lipinski definition) is 5. The molecule has 2 aromatic carbocycles. The molecule has 4 heterocycles. The summed E-state index contributed by atoms with van der Waals surface area (Å²) in [7, 11) is 0. The molecule has 6 nitrogen and oxygen atoms in total. The molecular weight excluding hydrogens is 463 g/mol. The normalized spacial score (nSPS) is 24.2. The van der Waals surface area contributed by atoms with Gasteiger partial charge in [0.05, 0.1) is 5.69 Å². The maximum atomic E-state index is 14.5. The van der Waals surface area contributed by atoms with Gasteiger partial charge in [0.2, 0.25) is 17.6 Å². The number of hydrogen-bond donors (Lipinski definition) is 0. The number of carbonyl (C=O) groups is 1. The third kappa shape index (κ3) is 2.87. The van der Waals surface area contributed by atoms with Gasteiger partial charge in [-0.3, -0.25) is 4.79 Å². The van der Waals surface area contributed by atoms with Crippen LogP contribution < -0.4 is 19.1 Å². The summed E-state index contributed by atoms with van der Waals surface area (Å²) in [5, 5.41) is 0. The molecule has 182 valence electrons. The number of fused-ring (bicyclic) bond motifs is 5. The minimum atomic E-state index is -4.67. The van der Waals surface area contributed by atoms with Crippen molar-refractivity contribution in [3.05, 3.63) is 65.4 Å². The van der Waals surface area contributed by atoms with Gasteiger partial charge in [0.1, 0.15) is 30.0 Å². The molecule has 1 spiro atoms. The van der Waals surface area contributed by atoms with Crippen molar-refractivity contribution in [2.75, 3.05) is 18.1 Å². The number of nitrogens with zero attached hydrogens (tertiary/aromatic N) is 1. The van der Waals surface area contributed by atoms with E-state index >= 15 is 0 Å². The van der Waals surface area contributed by atoms with Gasteiger partial charge in [-0.05, 0) is 37.6 Å². The van der Waals surface area contributed by atoms with E-state index in [2.05, 4.69) is 0 Å². The van der Waals surface area contributed by atoms with Crippen molar-refractivity contribution >= 4 is 17.5 Å². The van der Waals surface area contributed by atoms with Gasteiger partial charge >= 0.3 is 6.18 Å². The summed E-state index contributed by atoms with van der Waals surface area (Å²) in [5.74, 6) is -0.693. The zero-order valence-corrected chi connectivity index (χ0v) is 19.2. The Morgan fingerprint density at radius 1 is 0.943 bits per heavy atom. The second-order valence-electron chi connectivity index (χ2n) is 9.52.